The molecule has 0 radical (unpaired) electrons. The van der Waals surface area contributed by atoms with Crippen LogP contribution in [0, 0.1) is 0 Å². The summed E-state index contributed by atoms with van der Waals surface area (Å²) in [4.78, 5) is 13.3. The first kappa shape index (κ1) is 81.8. The number of aliphatic hydroxyl groups excluding tert-OH is 8. The molecule has 1 amide bonds. The fraction of sp³-hybridized carbons (Fsp3) is 0.851. The van der Waals surface area contributed by atoms with Gasteiger partial charge in [0.1, 0.15) is 48.8 Å². The van der Waals surface area contributed by atoms with Crippen molar-refractivity contribution in [1.29, 1.82) is 0 Å². The molecule has 0 spiro atoms. The molecule has 12 atom stereocenters. The molecule has 2 fully saturated rings. The summed E-state index contributed by atoms with van der Waals surface area (Å²) in [6, 6.07) is -0.828. The van der Waals surface area contributed by atoms with Gasteiger partial charge in [-0.25, -0.2) is 0 Å². The van der Waals surface area contributed by atoms with E-state index in [0.717, 1.165) is 83.5 Å². The lowest BCUT2D eigenvalue weighted by Gasteiger charge is -2.46. The summed E-state index contributed by atoms with van der Waals surface area (Å²) in [5.74, 6) is -0.202. The Labute approximate surface area is 536 Å². The van der Waals surface area contributed by atoms with Crippen LogP contribution in [0.25, 0.3) is 0 Å². The molecule has 2 heterocycles. The quantitative estimate of drug-likeness (QED) is 0.0204. The summed E-state index contributed by atoms with van der Waals surface area (Å²) >= 11 is 0. The number of carbonyl (C=O) groups excluding carboxylic acids is 1. The van der Waals surface area contributed by atoms with Gasteiger partial charge in [0.15, 0.2) is 12.6 Å². The number of hydrogen-bond donors (Lipinski definition) is 9. The molecule has 2 aliphatic rings. The zero-order chi connectivity index (χ0) is 63.8. The predicted molar refractivity (Wildman–Crippen MR) is 360 cm³/mol. The molecule has 14 nitrogen and oxygen atoms in total. The Bertz CT molecular complexity index is 1710. The Morgan fingerprint density at radius 2 is 0.784 bits per heavy atom. The van der Waals surface area contributed by atoms with Crippen LogP contribution in [0.15, 0.2) is 60.8 Å². The van der Waals surface area contributed by atoms with Crippen LogP contribution < -0.4 is 5.32 Å². The predicted octanol–water partition coefficient (Wildman–Crippen LogP) is 15.2. The third kappa shape index (κ3) is 42.0. The van der Waals surface area contributed by atoms with Crippen LogP contribution in [0.1, 0.15) is 309 Å². The molecule has 0 aliphatic carbocycles. The molecule has 88 heavy (non-hydrogen) atoms. The summed E-state index contributed by atoms with van der Waals surface area (Å²) in [6.45, 7) is 2.78. The van der Waals surface area contributed by atoms with Crippen LogP contribution in [-0.2, 0) is 23.7 Å². The van der Waals surface area contributed by atoms with Crippen molar-refractivity contribution in [2.45, 2.75) is 383 Å². The number of rotatable bonds is 60. The number of amides is 1. The van der Waals surface area contributed by atoms with Crippen LogP contribution in [0.3, 0.4) is 0 Å². The Hall–Kier alpha value is -2.31. The van der Waals surface area contributed by atoms with E-state index in [1.165, 1.54) is 199 Å². The van der Waals surface area contributed by atoms with E-state index in [0.29, 0.717) is 12.8 Å². The highest BCUT2D eigenvalue weighted by Gasteiger charge is 2.51. The maximum Gasteiger partial charge on any atom is 0.220 e. The third-order valence-corrected chi connectivity index (χ3v) is 17.7. The molecule has 14 heteroatoms. The molecule has 2 aliphatic heterocycles. The highest BCUT2D eigenvalue weighted by atomic mass is 16.7. The number of allylic oxidation sites excluding steroid dienone is 10. The molecular weight excluding hydrogens is 1110 g/mol. The molecule has 0 aromatic rings. The SMILES string of the molecule is CC/C=C\C/C=C\C/C=C\C/C=C\C/C=C\CCCCCCCCCCCCCCCCCCCCCCCCCC(=O)NC(COC1OC(CO)C(OC2OC(CO)C(O)C(O)C2O)C(O)C1O)C(O)CCCCCCCCCCCCCCCCC. The Kier molecular flexibility index (Phi) is 54.4. The molecule has 0 saturated carbocycles. The van der Waals surface area contributed by atoms with Crippen molar-refractivity contribution in [3.8, 4) is 0 Å². The summed E-state index contributed by atoms with van der Waals surface area (Å²) in [5.41, 5.74) is 0. The Balaban J connectivity index is 1.55. The molecule has 0 aromatic carbocycles. The highest BCUT2D eigenvalue weighted by Crippen LogP contribution is 2.30. The van der Waals surface area contributed by atoms with Gasteiger partial charge in [-0.15, -0.1) is 0 Å². The molecule has 514 valence electrons. The second kappa shape index (κ2) is 58.5. The largest absolute Gasteiger partial charge is 0.394 e. The van der Waals surface area contributed by atoms with Crippen LogP contribution in [-0.4, -0.2) is 140 Å². The normalized spacial score (nSPS) is 23.5. The van der Waals surface area contributed by atoms with Crippen molar-refractivity contribution in [3.63, 3.8) is 0 Å². The zero-order valence-electron chi connectivity index (χ0n) is 56.0. The molecule has 0 aromatic heterocycles. The standard InChI is InChI=1S/C74H135NO13/c1-3-5-7-9-11-13-15-17-19-20-21-22-23-24-25-26-27-28-29-30-31-32-33-34-35-36-37-38-39-40-41-42-44-46-48-50-52-54-56-58-66(79)75-62(63(78)57-55-53-51-49-47-45-43-18-16-14-12-10-8-6-4-2)61-85-73-71(84)69(82)72(65(60-77)87-73)88-74-70(83)68(81)67(80)64(59-76)86-74/h5,7,11,13,17,19,21-22,24-25,62-65,67-74,76-78,80-84H,3-4,6,8-10,12,14-16,18,20,23,26-61H2,1-2H3,(H,75,79)/b7-5-,13-11-,19-17-,22-21-,25-24-. The maximum absolute atomic E-state index is 13.3. The first-order valence-electron chi connectivity index (χ1n) is 36.5. The van der Waals surface area contributed by atoms with Gasteiger partial charge in [-0.05, 0) is 57.8 Å². The van der Waals surface area contributed by atoms with Crippen molar-refractivity contribution in [2.75, 3.05) is 19.8 Å². The van der Waals surface area contributed by atoms with Gasteiger partial charge in [0.2, 0.25) is 5.91 Å². The molecule has 0 bridgehead atoms. The number of carbonyl (C=O) groups is 1. The third-order valence-electron chi connectivity index (χ3n) is 17.7. The Morgan fingerprint density at radius 3 is 1.20 bits per heavy atom. The second-order valence-electron chi connectivity index (χ2n) is 25.7. The Morgan fingerprint density at radius 1 is 0.420 bits per heavy atom. The number of hydrogen-bond acceptors (Lipinski definition) is 13. The van der Waals surface area contributed by atoms with Gasteiger partial charge in [-0.1, -0.05) is 306 Å². The summed E-state index contributed by atoms with van der Waals surface area (Å²) < 4.78 is 22.9. The number of unbranched alkanes of at least 4 members (excludes halogenated alkanes) is 37. The van der Waals surface area contributed by atoms with Crippen molar-refractivity contribution < 1.29 is 64.6 Å². The topological polar surface area (TPSA) is 228 Å². The van der Waals surface area contributed by atoms with Crippen molar-refractivity contribution >= 4 is 5.91 Å². The van der Waals surface area contributed by atoms with Gasteiger partial charge in [0, 0.05) is 6.42 Å². The number of aliphatic hydroxyl groups is 8. The van der Waals surface area contributed by atoms with Crippen LogP contribution >= 0.6 is 0 Å². The van der Waals surface area contributed by atoms with E-state index in [-0.39, 0.29) is 12.5 Å². The number of nitrogens with one attached hydrogen (secondary N) is 1. The first-order valence-corrected chi connectivity index (χ1v) is 36.5. The molecule has 2 saturated heterocycles. The molecule has 2 rings (SSSR count). The average Bonchev–Trinajstić information content (AvgIpc) is 2.99. The van der Waals surface area contributed by atoms with E-state index in [1.54, 1.807) is 0 Å². The minimum atomic E-state index is -1.78. The van der Waals surface area contributed by atoms with E-state index < -0.39 is 86.8 Å². The fourth-order valence-corrected chi connectivity index (χ4v) is 12.0. The van der Waals surface area contributed by atoms with Gasteiger partial charge in [0.05, 0.1) is 32.0 Å². The van der Waals surface area contributed by atoms with Gasteiger partial charge < -0.3 is 65.1 Å². The van der Waals surface area contributed by atoms with Gasteiger partial charge in [-0.2, -0.15) is 0 Å². The fourth-order valence-electron chi connectivity index (χ4n) is 12.0. The molecule has 12 unspecified atom stereocenters. The lowest BCUT2D eigenvalue weighted by Crippen LogP contribution is -2.65. The highest BCUT2D eigenvalue weighted by molar-refractivity contribution is 5.76. The number of ether oxygens (including phenoxy) is 4. The van der Waals surface area contributed by atoms with Gasteiger partial charge in [0.25, 0.3) is 0 Å². The van der Waals surface area contributed by atoms with Crippen LogP contribution in [0.4, 0.5) is 0 Å². The minimum absolute atomic E-state index is 0.202. The summed E-state index contributed by atoms with van der Waals surface area (Å²) in [6.07, 6.45) is 61.2. The van der Waals surface area contributed by atoms with Crippen molar-refractivity contribution in [1.82, 2.24) is 5.32 Å². The average molecular weight is 1250 g/mol. The van der Waals surface area contributed by atoms with Crippen molar-refractivity contribution in [3.05, 3.63) is 60.8 Å². The summed E-state index contributed by atoms with van der Waals surface area (Å²) in [7, 11) is 0. The van der Waals surface area contributed by atoms with E-state index in [2.05, 4.69) is 79.9 Å². The molecule has 9 N–H and O–H groups in total. The maximum atomic E-state index is 13.3. The van der Waals surface area contributed by atoms with E-state index >= 15 is 0 Å². The van der Waals surface area contributed by atoms with Crippen LogP contribution in [0.2, 0.25) is 0 Å². The molecular formula is C74H135NO13. The van der Waals surface area contributed by atoms with E-state index in [1.807, 2.05) is 0 Å². The monoisotopic (exact) mass is 1250 g/mol. The van der Waals surface area contributed by atoms with E-state index in [9.17, 15) is 45.6 Å². The lowest BCUT2D eigenvalue weighted by molar-refractivity contribution is -0.359. The zero-order valence-corrected chi connectivity index (χ0v) is 56.0. The second-order valence-corrected chi connectivity index (χ2v) is 25.7. The minimum Gasteiger partial charge on any atom is -0.394 e. The van der Waals surface area contributed by atoms with Gasteiger partial charge >= 0.3 is 0 Å². The smallest absolute Gasteiger partial charge is 0.220 e. The van der Waals surface area contributed by atoms with Crippen LogP contribution in [0.5, 0.6) is 0 Å². The summed E-state index contributed by atoms with van der Waals surface area (Å²) in [5, 5.41) is 87.5. The van der Waals surface area contributed by atoms with Crippen molar-refractivity contribution in [2.24, 2.45) is 0 Å². The van der Waals surface area contributed by atoms with E-state index in [4.69, 9.17) is 18.9 Å². The first-order chi connectivity index (χ1) is 43.1. The lowest BCUT2D eigenvalue weighted by atomic mass is 9.97. The van der Waals surface area contributed by atoms with Gasteiger partial charge in [-0.3, -0.25) is 4.79 Å².